The van der Waals surface area contributed by atoms with E-state index in [-0.39, 0.29) is 0 Å². The Kier molecular flexibility index (Phi) is 4.76. The zero-order valence-electron chi connectivity index (χ0n) is 20.3. The maximum atomic E-state index is 13.5. The second-order valence-electron chi connectivity index (χ2n) is 12.6. The van der Waals surface area contributed by atoms with Gasteiger partial charge >= 0.3 is 0 Å². The van der Waals surface area contributed by atoms with Crippen molar-refractivity contribution in [3.63, 3.8) is 0 Å². The van der Waals surface area contributed by atoms with Crippen molar-refractivity contribution in [3.05, 3.63) is 35.9 Å². The number of ether oxygens (including phenoxy) is 1. The van der Waals surface area contributed by atoms with Crippen LogP contribution in [0.15, 0.2) is 24.3 Å². The minimum atomic E-state index is -0.396. The van der Waals surface area contributed by atoms with Gasteiger partial charge in [-0.15, -0.1) is 0 Å². The lowest BCUT2D eigenvalue weighted by molar-refractivity contribution is -0.160. The first-order chi connectivity index (χ1) is 15.3. The summed E-state index contributed by atoms with van der Waals surface area (Å²) in [6, 6.07) is 5.06. The van der Waals surface area contributed by atoms with E-state index in [2.05, 4.69) is 31.8 Å². The van der Waals surface area contributed by atoms with Gasteiger partial charge in [-0.25, -0.2) is 4.98 Å². The van der Waals surface area contributed by atoms with E-state index in [1.807, 2.05) is 19.3 Å². The van der Waals surface area contributed by atoms with Crippen LogP contribution in [0.1, 0.15) is 77.8 Å². The highest BCUT2D eigenvalue weighted by molar-refractivity contribution is 5.44. The van der Waals surface area contributed by atoms with Crippen LogP contribution in [0, 0.1) is 57.7 Å². The molecular weight excluding hydrogens is 397 g/mol. The molecule has 5 saturated carbocycles. The fourth-order valence-corrected chi connectivity index (χ4v) is 10.4. The molecule has 6 rings (SSSR count). The van der Waals surface area contributed by atoms with Gasteiger partial charge in [0.05, 0.1) is 11.8 Å². The van der Waals surface area contributed by atoms with Gasteiger partial charge in [0.25, 0.3) is 0 Å². The predicted molar refractivity (Wildman–Crippen MR) is 126 cm³/mol. The van der Waals surface area contributed by atoms with Crippen LogP contribution in [0.25, 0.3) is 6.08 Å². The minimum absolute atomic E-state index is 0.396. The van der Waals surface area contributed by atoms with Crippen LogP contribution in [0.3, 0.4) is 0 Å². The minimum Gasteiger partial charge on any atom is -0.381 e. The monoisotopic (exact) mass is 437 g/mol. The van der Waals surface area contributed by atoms with E-state index in [1.165, 1.54) is 57.4 Å². The van der Waals surface area contributed by atoms with Gasteiger partial charge in [0, 0.05) is 12.5 Å². The summed E-state index contributed by atoms with van der Waals surface area (Å²) in [6.07, 6.45) is 15.9. The molecule has 5 aliphatic carbocycles. The molecule has 5 fully saturated rings. The predicted octanol–water partition coefficient (Wildman–Crippen LogP) is 7.15. The maximum Gasteiger partial charge on any atom is 0.213 e. The van der Waals surface area contributed by atoms with Crippen molar-refractivity contribution >= 4 is 6.08 Å². The number of allylic oxidation sites excluding steroid dienone is 1. The van der Waals surface area contributed by atoms with E-state index in [0.717, 1.165) is 29.4 Å². The molecule has 0 saturated heterocycles. The highest BCUT2D eigenvalue weighted by Gasteiger charge is 2.77. The number of rotatable bonds is 4. The summed E-state index contributed by atoms with van der Waals surface area (Å²) in [5.41, 5.74) is 2.17. The Balaban J connectivity index is 1.25. The third-order valence-electron chi connectivity index (χ3n) is 11.8. The Bertz CT molecular complexity index is 929. The summed E-state index contributed by atoms with van der Waals surface area (Å²) in [5, 5.41) is 0. The standard InChI is InChI=1S/C29H40FNO/c1-18(8-9-20-6-5-7-26(30)31-20)22-10-11-23-21-16-25(32-4)29-17-19(29)12-15-28(29,3)24(21)13-14-27(22,23)2/h5-9,18-19,21-25H,10-17H2,1-4H3/b9-8+/t18-,19-,21+,22-,23+,24+,25-,27-,28-,29?/m1/s1. The van der Waals surface area contributed by atoms with Gasteiger partial charge in [-0.05, 0) is 116 Å². The SMILES string of the molecule is CO[C@@H]1C[C@H]2[C@@H]3CC[C@H]([C@H](C)/C=C/c4cccc(F)n4)[C@@]3(C)CC[C@@H]2[C@@]2(C)CC[C@@H]3CC312. The van der Waals surface area contributed by atoms with Crippen LogP contribution in [0.4, 0.5) is 4.39 Å². The van der Waals surface area contributed by atoms with Crippen molar-refractivity contribution < 1.29 is 9.13 Å². The first-order valence-electron chi connectivity index (χ1n) is 13.2. The van der Waals surface area contributed by atoms with E-state index in [4.69, 9.17) is 4.74 Å². The smallest absolute Gasteiger partial charge is 0.213 e. The zero-order valence-corrected chi connectivity index (χ0v) is 20.3. The molecule has 0 radical (unpaired) electrons. The van der Waals surface area contributed by atoms with Crippen molar-refractivity contribution in [2.24, 2.45) is 51.8 Å². The molecule has 2 nitrogen and oxygen atoms in total. The van der Waals surface area contributed by atoms with E-state index < -0.39 is 5.95 Å². The maximum absolute atomic E-state index is 13.5. The first kappa shape index (κ1) is 21.3. The molecule has 1 heterocycles. The van der Waals surface area contributed by atoms with Crippen molar-refractivity contribution in [2.75, 3.05) is 7.11 Å². The van der Waals surface area contributed by atoms with Gasteiger partial charge in [-0.1, -0.05) is 32.9 Å². The van der Waals surface area contributed by atoms with E-state index in [9.17, 15) is 4.39 Å². The molecule has 0 aromatic carbocycles. The number of hydrogen-bond donors (Lipinski definition) is 0. The highest BCUT2D eigenvalue weighted by atomic mass is 19.1. The first-order valence-corrected chi connectivity index (χ1v) is 13.2. The number of methoxy groups -OCH3 is 1. The lowest BCUT2D eigenvalue weighted by atomic mass is 9.45. The fourth-order valence-electron chi connectivity index (χ4n) is 10.4. The van der Waals surface area contributed by atoms with E-state index in [1.54, 1.807) is 6.07 Å². The van der Waals surface area contributed by atoms with Crippen LogP contribution >= 0.6 is 0 Å². The molecule has 10 atom stereocenters. The van der Waals surface area contributed by atoms with Crippen molar-refractivity contribution in [3.8, 4) is 0 Å². The average Bonchev–Trinajstić information content (AvgIpc) is 3.28. The molecule has 1 aromatic heterocycles. The molecule has 3 heteroatoms. The molecule has 174 valence electrons. The summed E-state index contributed by atoms with van der Waals surface area (Å²) in [4.78, 5) is 4.02. The quantitative estimate of drug-likeness (QED) is 0.466. The second-order valence-corrected chi connectivity index (χ2v) is 12.6. The Morgan fingerprint density at radius 2 is 1.97 bits per heavy atom. The summed E-state index contributed by atoms with van der Waals surface area (Å²) in [7, 11) is 1.99. The molecular formula is C29H40FNO. The Morgan fingerprint density at radius 1 is 1.12 bits per heavy atom. The summed E-state index contributed by atoms with van der Waals surface area (Å²) in [6.45, 7) is 7.65. The van der Waals surface area contributed by atoms with Crippen LogP contribution in [-0.2, 0) is 4.74 Å². The average molecular weight is 438 g/mol. The van der Waals surface area contributed by atoms with Crippen LogP contribution in [0.5, 0.6) is 0 Å². The Labute approximate surface area is 193 Å². The van der Waals surface area contributed by atoms with Crippen LogP contribution < -0.4 is 0 Å². The molecule has 32 heavy (non-hydrogen) atoms. The normalized spacial score (nSPS) is 49.9. The number of nitrogens with zero attached hydrogens (tertiary/aromatic N) is 1. The summed E-state index contributed by atoms with van der Waals surface area (Å²) < 4.78 is 19.8. The molecule has 1 spiro atoms. The van der Waals surface area contributed by atoms with Crippen molar-refractivity contribution in [1.29, 1.82) is 0 Å². The van der Waals surface area contributed by atoms with Gasteiger partial charge in [-0.3, -0.25) is 0 Å². The van der Waals surface area contributed by atoms with Gasteiger partial charge in [0.2, 0.25) is 5.95 Å². The number of fused-ring (bicyclic) bond motifs is 4. The zero-order chi connectivity index (χ0) is 22.3. The number of pyridine rings is 1. The van der Waals surface area contributed by atoms with Gasteiger partial charge in [0.1, 0.15) is 0 Å². The topological polar surface area (TPSA) is 22.1 Å². The summed E-state index contributed by atoms with van der Waals surface area (Å²) >= 11 is 0. The highest BCUT2D eigenvalue weighted by Crippen LogP contribution is 2.82. The molecule has 5 aliphatic rings. The molecule has 1 unspecified atom stereocenters. The van der Waals surface area contributed by atoms with E-state index >= 15 is 0 Å². The van der Waals surface area contributed by atoms with E-state index in [0.29, 0.717) is 34.2 Å². The third-order valence-corrected chi connectivity index (χ3v) is 11.8. The molecule has 0 amide bonds. The van der Waals surface area contributed by atoms with Crippen LogP contribution in [-0.4, -0.2) is 18.2 Å². The molecule has 0 aliphatic heterocycles. The number of hydrogen-bond acceptors (Lipinski definition) is 2. The molecule has 0 N–H and O–H groups in total. The number of halogens is 1. The third kappa shape index (κ3) is 2.70. The lowest BCUT2D eigenvalue weighted by Crippen LogP contribution is -2.57. The van der Waals surface area contributed by atoms with Crippen molar-refractivity contribution in [1.82, 2.24) is 4.98 Å². The summed E-state index contributed by atoms with van der Waals surface area (Å²) in [5.74, 6) is 4.32. The largest absolute Gasteiger partial charge is 0.381 e. The number of aromatic nitrogens is 1. The van der Waals surface area contributed by atoms with Gasteiger partial charge < -0.3 is 4.74 Å². The van der Waals surface area contributed by atoms with Crippen LogP contribution in [0.2, 0.25) is 0 Å². The van der Waals surface area contributed by atoms with Gasteiger partial charge in [0.15, 0.2) is 0 Å². The molecule has 1 aromatic rings. The Hall–Kier alpha value is -1.22. The fraction of sp³-hybridized carbons (Fsp3) is 0.759. The lowest BCUT2D eigenvalue weighted by Gasteiger charge is -2.61. The Morgan fingerprint density at radius 3 is 2.72 bits per heavy atom. The molecule has 0 bridgehead atoms. The van der Waals surface area contributed by atoms with Crippen molar-refractivity contribution in [2.45, 2.75) is 78.2 Å². The van der Waals surface area contributed by atoms with Gasteiger partial charge in [-0.2, -0.15) is 4.39 Å². The second kappa shape index (κ2) is 7.14.